The van der Waals surface area contributed by atoms with E-state index in [0.29, 0.717) is 17.3 Å². The Hall–Kier alpha value is -2.25. The van der Waals surface area contributed by atoms with Gasteiger partial charge >= 0.3 is 0 Å². The first-order chi connectivity index (χ1) is 12.7. The van der Waals surface area contributed by atoms with Gasteiger partial charge in [0.2, 0.25) is 0 Å². The first-order valence-electron chi connectivity index (χ1n) is 9.16. The zero-order valence-electron chi connectivity index (χ0n) is 15.0. The SMILES string of the molecule is Cc1ccc(-c2nc(N)c3sc(NCCN4CCCCC4)nc3n2)cc1. The Labute approximate surface area is 157 Å². The molecule has 1 saturated heterocycles. The maximum atomic E-state index is 6.17. The van der Waals surface area contributed by atoms with Crippen LogP contribution < -0.4 is 11.1 Å². The molecule has 0 amide bonds. The number of thiazole rings is 1. The molecule has 0 spiro atoms. The Balaban J connectivity index is 1.49. The molecule has 6 nitrogen and oxygen atoms in total. The monoisotopic (exact) mass is 368 g/mol. The number of hydrogen-bond acceptors (Lipinski definition) is 7. The smallest absolute Gasteiger partial charge is 0.185 e. The fourth-order valence-electron chi connectivity index (χ4n) is 3.26. The lowest BCUT2D eigenvalue weighted by molar-refractivity contribution is 0.237. The quantitative estimate of drug-likeness (QED) is 0.717. The van der Waals surface area contributed by atoms with Crippen LogP contribution >= 0.6 is 11.3 Å². The summed E-state index contributed by atoms with van der Waals surface area (Å²) in [5, 5.41) is 4.28. The molecule has 4 rings (SSSR count). The molecule has 0 bridgehead atoms. The second-order valence-electron chi connectivity index (χ2n) is 6.80. The van der Waals surface area contributed by atoms with E-state index in [-0.39, 0.29) is 0 Å². The Morgan fingerprint density at radius 1 is 1.08 bits per heavy atom. The molecule has 1 aliphatic heterocycles. The molecule has 1 aliphatic rings. The number of likely N-dealkylation sites (tertiary alicyclic amines) is 1. The van der Waals surface area contributed by atoms with Crippen molar-refractivity contribution in [3.05, 3.63) is 29.8 Å². The molecular formula is C19H24N6S. The normalized spacial score (nSPS) is 15.4. The molecule has 0 unspecified atom stereocenters. The average Bonchev–Trinajstić information content (AvgIpc) is 3.07. The van der Waals surface area contributed by atoms with Crippen molar-refractivity contribution >= 4 is 32.6 Å². The number of benzene rings is 1. The molecule has 1 aromatic carbocycles. The molecular weight excluding hydrogens is 344 g/mol. The zero-order valence-corrected chi connectivity index (χ0v) is 15.9. The Kier molecular flexibility index (Phi) is 4.99. The van der Waals surface area contributed by atoms with Crippen LogP contribution in [0, 0.1) is 6.92 Å². The summed E-state index contributed by atoms with van der Waals surface area (Å²) in [6.07, 6.45) is 3.99. The summed E-state index contributed by atoms with van der Waals surface area (Å²) in [5.74, 6) is 1.12. The highest BCUT2D eigenvalue weighted by molar-refractivity contribution is 7.22. The lowest BCUT2D eigenvalue weighted by atomic mass is 10.1. The fraction of sp³-hybridized carbons (Fsp3) is 0.421. The number of nitrogen functional groups attached to an aromatic ring is 1. The average molecular weight is 369 g/mol. The number of piperidine rings is 1. The number of hydrogen-bond donors (Lipinski definition) is 2. The van der Waals surface area contributed by atoms with E-state index in [1.54, 1.807) is 0 Å². The number of fused-ring (bicyclic) bond motifs is 1. The predicted molar refractivity (Wildman–Crippen MR) is 109 cm³/mol. The second-order valence-corrected chi connectivity index (χ2v) is 7.80. The first kappa shape index (κ1) is 17.2. The Morgan fingerprint density at radius 2 is 1.85 bits per heavy atom. The van der Waals surface area contributed by atoms with Gasteiger partial charge in [-0.15, -0.1) is 0 Å². The molecule has 0 radical (unpaired) electrons. The molecule has 3 N–H and O–H groups in total. The van der Waals surface area contributed by atoms with Crippen LogP contribution in [0.15, 0.2) is 24.3 Å². The third-order valence-corrected chi connectivity index (χ3v) is 5.77. The standard InChI is InChI=1S/C19H24N6S/c1-13-5-7-14(8-6-13)17-22-16(20)15-18(23-17)24-19(26-15)21-9-12-25-10-3-2-4-11-25/h5-8H,2-4,9-12H2,1H3,(H3,20,21,22,23,24). The van der Waals surface area contributed by atoms with Crippen molar-refractivity contribution in [1.82, 2.24) is 19.9 Å². The highest BCUT2D eigenvalue weighted by atomic mass is 32.1. The number of anilines is 2. The van der Waals surface area contributed by atoms with E-state index < -0.39 is 0 Å². The summed E-state index contributed by atoms with van der Waals surface area (Å²) in [7, 11) is 0. The lowest BCUT2D eigenvalue weighted by Gasteiger charge is -2.26. The van der Waals surface area contributed by atoms with Crippen molar-refractivity contribution in [1.29, 1.82) is 0 Å². The van der Waals surface area contributed by atoms with E-state index in [9.17, 15) is 0 Å². The van der Waals surface area contributed by atoms with Crippen LogP contribution in [0.1, 0.15) is 24.8 Å². The van der Waals surface area contributed by atoms with Crippen molar-refractivity contribution in [3.63, 3.8) is 0 Å². The van der Waals surface area contributed by atoms with Gasteiger partial charge in [0.15, 0.2) is 16.6 Å². The highest BCUT2D eigenvalue weighted by Crippen LogP contribution is 2.30. The van der Waals surface area contributed by atoms with E-state index in [1.165, 1.54) is 49.3 Å². The summed E-state index contributed by atoms with van der Waals surface area (Å²) < 4.78 is 0.848. The highest BCUT2D eigenvalue weighted by Gasteiger charge is 2.13. The van der Waals surface area contributed by atoms with E-state index in [2.05, 4.69) is 32.1 Å². The maximum Gasteiger partial charge on any atom is 0.185 e. The van der Waals surface area contributed by atoms with Crippen LogP contribution in [-0.4, -0.2) is 46.0 Å². The van der Waals surface area contributed by atoms with Crippen molar-refractivity contribution in [3.8, 4) is 11.4 Å². The number of nitrogens with one attached hydrogen (secondary N) is 1. The number of aryl methyl sites for hydroxylation is 1. The third-order valence-electron chi connectivity index (χ3n) is 4.74. The van der Waals surface area contributed by atoms with Gasteiger partial charge in [0.1, 0.15) is 10.5 Å². The number of rotatable bonds is 5. The summed E-state index contributed by atoms with van der Waals surface area (Å²) in [6.45, 7) is 6.41. The van der Waals surface area contributed by atoms with E-state index in [0.717, 1.165) is 28.5 Å². The van der Waals surface area contributed by atoms with Crippen molar-refractivity contribution < 1.29 is 0 Å². The van der Waals surface area contributed by atoms with Crippen molar-refractivity contribution in [2.75, 3.05) is 37.2 Å². The van der Waals surface area contributed by atoms with Crippen LogP contribution in [0.3, 0.4) is 0 Å². The minimum absolute atomic E-state index is 0.493. The van der Waals surface area contributed by atoms with Crippen LogP contribution in [-0.2, 0) is 0 Å². The van der Waals surface area contributed by atoms with Gasteiger partial charge in [0.25, 0.3) is 0 Å². The van der Waals surface area contributed by atoms with Gasteiger partial charge in [-0.2, -0.15) is 4.98 Å². The molecule has 2 aromatic heterocycles. The van der Waals surface area contributed by atoms with Crippen LogP contribution in [0.4, 0.5) is 10.9 Å². The van der Waals surface area contributed by atoms with E-state index in [4.69, 9.17) is 5.73 Å². The van der Waals surface area contributed by atoms with Gasteiger partial charge in [-0.3, -0.25) is 0 Å². The summed E-state index contributed by atoms with van der Waals surface area (Å²) >= 11 is 1.53. The Morgan fingerprint density at radius 3 is 2.62 bits per heavy atom. The van der Waals surface area contributed by atoms with Gasteiger partial charge < -0.3 is 16.0 Å². The predicted octanol–water partition coefficient (Wildman–Crippen LogP) is 3.54. The van der Waals surface area contributed by atoms with Gasteiger partial charge in [-0.1, -0.05) is 47.6 Å². The minimum atomic E-state index is 0.493. The van der Waals surface area contributed by atoms with Gasteiger partial charge in [0, 0.05) is 18.7 Å². The summed E-state index contributed by atoms with van der Waals surface area (Å²) in [6, 6.07) is 8.13. The van der Waals surface area contributed by atoms with Gasteiger partial charge in [-0.05, 0) is 32.9 Å². The Bertz CT molecular complexity index is 883. The summed E-state index contributed by atoms with van der Waals surface area (Å²) in [5.41, 5.74) is 8.99. The van der Waals surface area contributed by atoms with E-state index >= 15 is 0 Å². The van der Waals surface area contributed by atoms with Gasteiger partial charge in [0.05, 0.1) is 0 Å². The third kappa shape index (κ3) is 3.78. The molecule has 0 saturated carbocycles. The minimum Gasteiger partial charge on any atom is -0.382 e. The molecule has 0 atom stereocenters. The topological polar surface area (TPSA) is 80.0 Å². The fourth-order valence-corrected chi connectivity index (χ4v) is 4.09. The summed E-state index contributed by atoms with van der Waals surface area (Å²) in [4.78, 5) is 16.2. The molecule has 26 heavy (non-hydrogen) atoms. The lowest BCUT2D eigenvalue weighted by Crippen LogP contribution is -2.33. The zero-order chi connectivity index (χ0) is 17.9. The molecule has 1 fully saturated rings. The van der Waals surface area contributed by atoms with Crippen LogP contribution in [0.25, 0.3) is 21.7 Å². The van der Waals surface area contributed by atoms with E-state index in [1.807, 2.05) is 24.3 Å². The molecule has 136 valence electrons. The number of nitrogens with zero attached hydrogens (tertiary/aromatic N) is 4. The number of nitrogens with two attached hydrogens (primary N) is 1. The second kappa shape index (κ2) is 7.55. The van der Waals surface area contributed by atoms with Crippen LogP contribution in [0.2, 0.25) is 0 Å². The molecule has 0 aliphatic carbocycles. The first-order valence-corrected chi connectivity index (χ1v) is 9.98. The molecule has 3 heterocycles. The van der Waals surface area contributed by atoms with Gasteiger partial charge in [-0.25, -0.2) is 9.97 Å². The largest absolute Gasteiger partial charge is 0.382 e. The molecule has 7 heteroatoms. The molecule has 3 aromatic rings. The van der Waals surface area contributed by atoms with Crippen molar-refractivity contribution in [2.24, 2.45) is 0 Å². The van der Waals surface area contributed by atoms with Crippen molar-refractivity contribution in [2.45, 2.75) is 26.2 Å². The maximum absolute atomic E-state index is 6.17. The number of aromatic nitrogens is 3. The van der Waals surface area contributed by atoms with Crippen LogP contribution in [0.5, 0.6) is 0 Å².